The third kappa shape index (κ3) is 2.44. The van der Waals surface area contributed by atoms with Gasteiger partial charge in [-0.1, -0.05) is 25.1 Å². The molecule has 106 valence electrons. The monoisotopic (exact) mass is 279 g/mol. The van der Waals surface area contributed by atoms with E-state index in [-0.39, 0.29) is 12.2 Å². The van der Waals surface area contributed by atoms with Gasteiger partial charge >= 0.3 is 0 Å². The van der Waals surface area contributed by atoms with Crippen molar-refractivity contribution in [1.29, 1.82) is 0 Å². The van der Waals surface area contributed by atoms with Crippen LogP contribution in [0.1, 0.15) is 28.8 Å². The van der Waals surface area contributed by atoms with Gasteiger partial charge in [0.15, 0.2) is 5.78 Å². The minimum absolute atomic E-state index is 0.0193. The molecule has 0 aliphatic rings. The third-order valence-electron chi connectivity index (χ3n) is 3.73. The summed E-state index contributed by atoms with van der Waals surface area (Å²) in [5.74, 6) is 0.791. The molecule has 4 heteroatoms. The number of hydrogen-bond donors (Lipinski definition) is 0. The van der Waals surface area contributed by atoms with Gasteiger partial charge in [-0.2, -0.15) is 0 Å². The normalized spacial score (nSPS) is 11.0. The van der Waals surface area contributed by atoms with Gasteiger partial charge in [0, 0.05) is 13.2 Å². The van der Waals surface area contributed by atoms with Crippen LogP contribution in [0, 0.1) is 0 Å². The van der Waals surface area contributed by atoms with Crippen molar-refractivity contribution in [3.63, 3.8) is 0 Å². The number of rotatable bonds is 4. The number of pyridine rings is 1. The van der Waals surface area contributed by atoms with Gasteiger partial charge in [-0.3, -0.25) is 9.78 Å². The van der Waals surface area contributed by atoms with Crippen LogP contribution in [0.4, 0.5) is 0 Å². The van der Waals surface area contributed by atoms with Gasteiger partial charge in [0.25, 0.3) is 0 Å². The Hall–Kier alpha value is -2.49. The molecule has 4 nitrogen and oxygen atoms in total. The first-order valence-electron chi connectivity index (χ1n) is 7.08. The number of para-hydroxylation sites is 2. The van der Waals surface area contributed by atoms with Crippen LogP contribution in [-0.2, 0) is 19.9 Å². The van der Waals surface area contributed by atoms with E-state index in [4.69, 9.17) is 0 Å². The molecule has 0 fully saturated rings. The highest BCUT2D eigenvalue weighted by Gasteiger charge is 2.16. The molecule has 0 spiro atoms. The van der Waals surface area contributed by atoms with Gasteiger partial charge in [0.2, 0.25) is 0 Å². The number of aryl methyl sites for hydroxylation is 2. The lowest BCUT2D eigenvalue weighted by Crippen LogP contribution is -2.12. The summed E-state index contributed by atoms with van der Waals surface area (Å²) in [7, 11) is 1.94. The first-order chi connectivity index (χ1) is 10.2. The van der Waals surface area contributed by atoms with Crippen LogP contribution in [0.5, 0.6) is 0 Å². The minimum atomic E-state index is 0.0193. The van der Waals surface area contributed by atoms with Crippen molar-refractivity contribution < 1.29 is 4.79 Å². The highest BCUT2D eigenvalue weighted by atomic mass is 16.1. The molecule has 2 heterocycles. The number of benzene rings is 1. The number of hydrogen-bond acceptors (Lipinski definition) is 3. The van der Waals surface area contributed by atoms with Crippen molar-refractivity contribution in [3.05, 3.63) is 59.7 Å². The Bertz CT molecular complexity index is 805. The molecule has 2 aromatic heterocycles. The topological polar surface area (TPSA) is 47.8 Å². The van der Waals surface area contributed by atoms with Crippen molar-refractivity contribution in [2.75, 3.05) is 0 Å². The summed E-state index contributed by atoms with van der Waals surface area (Å²) in [4.78, 5) is 21.3. The van der Waals surface area contributed by atoms with E-state index in [0.717, 1.165) is 28.8 Å². The van der Waals surface area contributed by atoms with E-state index in [1.54, 1.807) is 6.20 Å². The number of ketones is 1. The second-order valence-corrected chi connectivity index (χ2v) is 5.04. The van der Waals surface area contributed by atoms with Crippen LogP contribution in [0.25, 0.3) is 11.0 Å². The second kappa shape index (κ2) is 5.48. The molecule has 0 atom stereocenters. The number of carbonyl (C=O) groups excluding carboxylic acids is 1. The molecular formula is C17H17N3O. The molecule has 0 saturated heterocycles. The molecule has 0 bridgehead atoms. The Morgan fingerprint density at radius 1 is 1.19 bits per heavy atom. The lowest BCUT2D eigenvalue weighted by Gasteiger charge is -2.05. The highest BCUT2D eigenvalue weighted by Crippen LogP contribution is 2.16. The standard InChI is InChI=1S/C17H17N3O/c1-3-12-7-6-10-18-17(12)15(21)11-16-19-13-8-4-5-9-14(13)20(16)2/h4-10H,3,11H2,1-2H3. The van der Waals surface area contributed by atoms with Crippen molar-refractivity contribution in [2.24, 2.45) is 7.05 Å². The number of nitrogens with zero attached hydrogens (tertiary/aromatic N) is 3. The minimum Gasteiger partial charge on any atom is -0.331 e. The maximum absolute atomic E-state index is 12.5. The SMILES string of the molecule is CCc1cccnc1C(=O)Cc1nc2ccccc2n1C. The Morgan fingerprint density at radius 2 is 2.00 bits per heavy atom. The lowest BCUT2D eigenvalue weighted by molar-refractivity contribution is 0.0984. The van der Waals surface area contributed by atoms with E-state index in [2.05, 4.69) is 9.97 Å². The molecule has 0 aliphatic heterocycles. The molecule has 0 unspecified atom stereocenters. The van der Waals surface area contributed by atoms with E-state index in [9.17, 15) is 4.79 Å². The highest BCUT2D eigenvalue weighted by molar-refractivity contribution is 5.97. The molecule has 0 saturated carbocycles. The average molecular weight is 279 g/mol. The van der Waals surface area contributed by atoms with E-state index >= 15 is 0 Å². The van der Waals surface area contributed by atoms with Crippen LogP contribution in [0.15, 0.2) is 42.6 Å². The number of aromatic nitrogens is 3. The summed E-state index contributed by atoms with van der Waals surface area (Å²) in [5.41, 5.74) is 3.50. The van der Waals surface area contributed by atoms with Gasteiger partial charge < -0.3 is 4.57 Å². The smallest absolute Gasteiger partial charge is 0.188 e. The van der Waals surface area contributed by atoms with E-state index in [0.29, 0.717) is 5.69 Å². The molecule has 0 radical (unpaired) electrons. The zero-order chi connectivity index (χ0) is 14.8. The quantitative estimate of drug-likeness (QED) is 0.690. The first-order valence-corrected chi connectivity index (χ1v) is 7.08. The van der Waals surface area contributed by atoms with Crippen molar-refractivity contribution >= 4 is 16.8 Å². The van der Waals surface area contributed by atoms with Crippen molar-refractivity contribution in [3.8, 4) is 0 Å². The lowest BCUT2D eigenvalue weighted by atomic mass is 10.1. The fraction of sp³-hybridized carbons (Fsp3) is 0.235. The van der Waals surface area contributed by atoms with Crippen LogP contribution in [-0.4, -0.2) is 20.3 Å². The Balaban J connectivity index is 1.95. The van der Waals surface area contributed by atoms with Gasteiger partial charge in [0.05, 0.1) is 17.5 Å². The van der Waals surface area contributed by atoms with Crippen LogP contribution in [0.2, 0.25) is 0 Å². The number of carbonyl (C=O) groups is 1. The maximum atomic E-state index is 12.5. The van der Waals surface area contributed by atoms with E-state index < -0.39 is 0 Å². The van der Waals surface area contributed by atoms with E-state index in [1.807, 2.05) is 54.9 Å². The van der Waals surface area contributed by atoms with Crippen molar-refractivity contribution in [2.45, 2.75) is 19.8 Å². The first kappa shape index (κ1) is 13.5. The molecule has 0 N–H and O–H groups in total. The van der Waals surface area contributed by atoms with Gasteiger partial charge in [-0.05, 0) is 30.2 Å². The molecule has 3 aromatic rings. The molecular weight excluding hydrogens is 262 g/mol. The number of fused-ring (bicyclic) bond motifs is 1. The van der Waals surface area contributed by atoms with Gasteiger partial charge in [-0.15, -0.1) is 0 Å². The largest absolute Gasteiger partial charge is 0.331 e. The summed E-state index contributed by atoms with van der Waals surface area (Å²) >= 11 is 0. The zero-order valence-electron chi connectivity index (χ0n) is 12.2. The van der Waals surface area contributed by atoms with Crippen molar-refractivity contribution in [1.82, 2.24) is 14.5 Å². The fourth-order valence-electron chi connectivity index (χ4n) is 2.56. The predicted octanol–water partition coefficient (Wildman–Crippen LogP) is 2.96. The maximum Gasteiger partial charge on any atom is 0.188 e. The Labute approximate surface area is 123 Å². The Morgan fingerprint density at radius 3 is 2.76 bits per heavy atom. The zero-order valence-corrected chi connectivity index (χ0v) is 12.2. The summed E-state index contributed by atoms with van der Waals surface area (Å²) in [6.45, 7) is 2.03. The molecule has 0 amide bonds. The molecule has 1 aromatic carbocycles. The summed E-state index contributed by atoms with van der Waals surface area (Å²) < 4.78 is 1.97. The number of Topliss-reactive ketones (excluding diaryl/α,β-unsaturated/α-hetero) is 1. The fourth-order valence-corrected chi connectivity index (χ4v) is 2.56. The molecule has 0 aliphatic carbocycles. The van der Waals surface area contributed by atoms with Crippen LogP contribution < -0.4 is 0 Å². The molecule has 3 rings (SSSR count). The third-order valence-corrected chi connectivity index (χ3v) is 3.73. The predicted molar refractivity (Wildman–Crippen MR) is 82.4 cm³/mol. The van der Waals surface area contributed by atoms with Gasteiger partial charge in [-0.25, -0.2) is 4.98 Å². The average Bonchev–Trinajstić information content (AvgIpc) is 2.84. The van der Waals surface area contributed by atoms with Gasteiger partial charge in [0.1, 0.15) is 11.5 Å². The summed E-state index contributed by atoms with van der Waals surface area (Å²) in [6, 6.07) is 11.7. The van der Waals surface area contributed by atoms with E-state index in [1.165, 1.54) is 0 Å². The van der Waals surface area contributed by atoms with Crippen LogP contribution in [0.3, 0.4) is 0 Å². The second-order valence-electron chi connectivity index (χ2n) is 5.04. The summed E-state index contributed by atoms with van der Waals surface area (Å²) in [6.07, 6.45) is 2.74. The summed E-state index contributed by atoms with van der Waals surface area (Å²) in [5, 5.41) is 0. The Kier molecular flexibility index (Phi) is 3.52. The van der Waals surface area contributed by atoms with Crippen LogP contribution >= 0.6 is 0 Å². The molecule has 21 heavy (non-hydrogen) atoms. The number of imidazole rings is 1.